The molecular weight excluding hydrogens is 476 g/mol. The van der Waals surface area contributed by atoms with Crippen LogP contribution >= 0.6 is 0 Å². The van der Waals surface area contributed by atoms with E-state index < -0.39 is 0 Å². The van der Waals surface area contributed by atoms with Gasteiger partial charge in [-0.25, -0.2) is 5.01 Å². The fourth-order valence-electron chi connectivity index (χ4n) is 5.32. The zero-order chi connectivity index (χ0) is 26.5. The molecule has 0 saturated heterocycles. The lowest BCUT2D eigenvalue weighted by molar-refractivity contribution is 0.0681. The average molecular weight is 511 g/mol. The predicted molar refractivity (Wildman–Crippen MR) is 150 cm³/mol. The number of ether oxygens (including phenoxy) is 3. The van der Waals surface area contributed by atoms with Gasteiger partial charge in [0.1, 0.15) is 17.2 Å². The Morgan fingerprint density at radius 1 is 0.895 bits per heavy atom. The van der Waals surface area contributed by atoms with Crippen LogP contribution in [-0.2, 0) is 0 Å². The summed E-state index contributed by atoms with van der Waals surface area (Å²) < 4.78 is 16.5. The number of carbonyl (C=O) groups excluding carboxylic acids is 1. The molecule has 6 heteroatoms. The fraction of sp³-hybridized carbons (Fsp3) is 0.312. The van der Waals surface area contributed by atoms with Gasteiger partial charge in [0.05, 0.1) is 32.1 Å². The number of allylic oxidation sites excluding steroid dienone is 1. The van der Waals surface area contributed by atoms with Gasteiger partial charge in [-0.1, -0.05) is 24.3 Å². The highest BCUT2D eigenvalue weighted by molar-refractivity contribution is 6.09. The highest BCUT2D eigenvalue weighted by Crippen LogP contribution is 2.45. The molecule has 6 nitrogen and oxygen atoms in total. The summed E-state index contributed by atoms with van der Waals surface area (Å²) in [4.78, 5) is 13.8. The number of methoxy groups -OCH3 is 1. The number of amides is 1. The number of hydrogen-bond donors (Lipinski definition) is 0. The molecule has 2 atom stereocenters. The van der Waals surface area contributed by atoms with Crippen molar-refractivity contribution in [2.45, 2.75) is 39.2 Å². The minimum Gasteiger partial charge on any atom is -0.497 e. The van der Waals surface area contributed by atoms with E-state index in [0.717, 1.165) is 47.6 Å². The minimum atomic E-state index is -0.181. The molecule has 1 amide bonds. The maximum absolute atomic E-state index is 13.8. The van der Waals surface area contributed by atoms with Crippen LogP contribution in [0.4, 0.5) is 0 Å². The van der Waals surface area contributed by atoms with E-state index in [-0.39, 0.29) is 17.9 Å². The second kappa shape index (κ2) is 11.5. The quantitative estimate of drug-likeness (QED) is 0.330. The predicted octanol–water partition coefficient (Wildman–Crippen LogP) is 6.93. The van der Waals surface area contributed by atoms with Crippen molar-refractivity contribution in [2.75, 3.05) is 20.3 Å². The van der Waals surface area contributed by atoms with E-state index in [0.29, 0.717) is 24.5 Å². The zero-order valence-electron chi connectivity index (χ0n) is 22.2. The molecule has 3 aromatic carbocycles. The summed E-state index contributed by atoms with van der Waals surface area (Å²) in [5.41, 5.74) is 4.93. The molecular formula is C32H34N2O4. The van der Waals surface area contributed by atoms with Gasteiger partial charge in [0, 0.05) is 11.5 Å². The van der Waals surface area contributed by atoms with Crippen molar-refractivity contribution >= 4 is 17.7 Å². The summed E-state index contributed by atoms with van der Waals surface area (Å²) in [6.07, 6.45) is 5.16. The molecule has 196 valence electrons. The van der Waals surface area contributed by atoms with E-state index in [1.54, 1.807) is 24.3 Å². The van der Waals surface area contributed by atoms with Gasteiger partial charge in [0.25, 0.3) is 5.91 Å². The maximum Gasteiger partial charge on any atom is 0.274 e. The van der Waals surface area contributed by atoms with Crippen LogP contribution in [0, 0.1) is 5.92 Å². The normalized spacial score (nSPS) is 19.6. The number of nitrogens with zero attached hydrogens (tertiary/aromatic N) is 2. The molecule has 0 spiro atoms. The molecule has 1 aliphatic carbocycles. The number of carbonyl (C=O) groups is 1. The van der Waals surface area contributed by atoms with Crippen molar-refractivity contribution in [2.24, 2.45) is 11.0 Å². The molecule has 1 aliphatic heterocycles. The van der Waals surface area contributed by atoms with Crippen LogP contribution < -0.4 is 14.2 Å². The summed E-state index contributed by atoms with van der Waals surface area (Å²) in [6.45, 7) is 5.21. The molecule has 0 radical (unpaired) electrons. The SMILES string of the molecule is CCOc1ccc(/C=C2\CCCC3C2=NN(C(=O)c2ccc(OC)cc2)C3c2ccc(OCC)cc2)cc1. The molecule has 0 bridgehead atoms. The molecule has 1 fully saturated rings. The Kier molecular flexibility index (Phi) is 7.78. The third kappa shape index (κ3) is 5.30. The van der Waals surface area contributed by atoms with Crippen molar-refractivity contribution in [1.82, 2.24) is 5.01 Å². The second-order valence-electron chi connectivity index (χ2n) is 9.48. The highest BCUT2D eigenvalue weighted by atomic mass is 16.5. The fourth-order valence-corrected chi connectivity index (χ4v) is 5.32. The summed E-state index contributed by atoms with van der Waals surface area (Å²) in [6, 6.07) is 23.3. The number of hydrazone groups is 1. The summed E-state index contributed by atoms with van der Waals surface area (Å²) >= 11 is 0. The standard InChI is InChI=1S/C32H34N2O4/c1-4-37-27-15-9-22(10-16-27)21-25-7-6-8-29-30(25)33-34(32(35)24-13-17-26(36-3)18-14-24)31(29)23-11-19-28(20-12-23)38-5-2/h9-21,29,31H,4-8H2,1-3H3/b25-21+. The zero-order valence-corrected chi connectivity index (χ0v) is 22.2. The topological polar surface area (TPSA) is 60.4 Å². The third-order valence-electron chi connectivity index (χ3n) is 7.11. The van der Waals surface area contributed by atoms with E-state index in [9.17, 15) is 4.79 Å². The molecule has 2 unspecified atom stereocenters. The van der Waals surface area contributed by atoms with Crippen LogP contribution in [-0.4, -0.2) is 37.0 Å². The molecule has 1 saturated carbocycles. The van der Waals surface area contributed by atoms with Gasteiger partial charge in [-0.3, -0.25) is 4.79 Å². The lowest BCUT2D eigenvalue weighted by atomic mass is 9.77. The van der Waals surface area contributed by atoms with Gasteiger partial charge in [-0.05, 0) is 104 Å². The Bertz CT molecular complexity index is 1310. The van der Waals surface area contributed by atoms with Crippen LogP contribution in [0.5, 0.6) is 17.2 Å². The number of benzene rings is 3. The summed E-state index contributed by atoms with van der Waals surface area (Å²) in [5, 5.41) is 6.70. The molecule has 0 N–H and O–H groups in total. The Morgan fingerprint density at radius 3 is 2.11 bits per heavy atom. The molecule has 0 aromatic heterocycles. The van der Waals surface area contributed by atoms with Crippen molar-refractivity contribution in [1.29, 1.82) is 0 Å². The van der Waals surface area contributed by atoms with Crippen molar-refractivity contribution in [3.05, 3.63) is 95.1 Å². The highest BCUT2D eigenvalue weighted by Gasteiger charge is 2.44. The first-order valence-electron chi connectivity index (χ1n) is 13.3. The molecule has 2 aliphatic rings. The van der Waals surface area contributed by atoms with Crippen LogP contribution in [0.15, 0.2) is 83.5 Å². The van der Waals surface area contributed by atoms with E-state index in [2.05, 4.69) is 30.3 Å². The number of fused-ring (bicyclic) bond motifs is 1. The first-order chi connectivity index (χ1) is 18.6. The van der Waals surface area contributed by atoms with E-state index in [4.69, 9.17) is 19.3 Å². The average Bonchev–Trinajstić information content (AvgIpc) is 3.35. The van der Waals surface area contributed by atoms with Gasteiger partial charge in [0.15, 0.2) is 0 Å². The van der Waals surface area contributed by atoms with Crippen LogP contribution in [0.3, 0.4) is 0 Å². The molecule has 5 rings (SSSR count). The molecule has 3 aromatic rings. The Balaban J connectivity index is 1.51. The number of rotatable bonds is 8. The maximum atomic E-state index is 13.8. The van der Waals surface area contributed by atoms with E-state index >= 15 is 0 Å². The molecule has 1 heterocycles. The van der Waals surface area contributed by atoms with Gasteiger partial charge in [-0.2, -0.15) is 5.10 Å². The van der Waals surface area contributed by atoms with Crippen molar-refractivity contribution < 1.29 is 19.0 Å². The van der Waals surface area contributed by atoms with Gasteiger partial charge < -0.3 is 14.2 Å². The summed E-state index contributed by atoms with van der Waals surface area (Å²) in [5.74, 6) is 2.41. The Hall–Kier alpha value is -4.06. The minimum absolute atomic E-state index is 0.117. The van der Waals surface area contributed by atoms with Crippen LogP contribution in [0.25, 0.3) is 6.08 Å². The second-order valence-corrected chi connectivity index (χ2v) is 9.48. The van der Waals surface area contributed by atoms with Gasteiger partial charge >= 0.3 is 0 Å². The van der Waals surface area contributed by atoms with E-state index in [1.165, 1.54) is 5.57 Å². The largest absolute Gasteiger partial charge is 0.497 e. The van der Waals surface area contributed by atoms with Crippen LogP contribution in [0.1, 0.15) is 60.6 Å². The lowest BCUT2D eigenvalue weighted by Crippen LogP contribution is -2.31. The Labute approximate surface area is 224 Å². The summed E-state index contributed by atoms with van der Waals surface area (Å²) in [7, 11) is 1.62. The third-order valence-corrected chi connectivity index (χ3v) is 7.11. The molecule has 38 heavy (non-hydrogen) atoms. The Morgan fingerprint density at radius 2 is 1.50 bits per heavy atom. The first kappa shape index (κ1) is 25.6. The van der Waals surface area contributed by atoms with Crippen molar-refractivity contribution in [3.63, 3.8) is 0 Å². The number of hydrogen-bond acceptors (Lipinski definition) is 5. The van der Waals surface area contributed by atoms with E-state index in [1.807, 2.05) is 50.2 Å². The lowest BCUT2D eigenvalue weighted by Gasteiger charge is -2.30. The van der Waals surface area contributed by atoms with Crippen molar-refractivity contribution in [3.8, 4) is 17.2 Å². The van der Waals surface area contributed by atoms with Gasteiger partial charge in [-0.15, -0.1) is 0 Å². The first-order valence-corrected chi connectivity index (χ1v) is 13.3. The van der Waals surface area contributed by atoms with Gasteiger partial charge in [0.2, 0.25) is 0 Å². The monoisotopic (exact) mass is 510 g/mol. The smallest absolute Gasteiger partial charge is 0.274 e. The van der Waals surface area contributed by atoms with Crippen LogP contribution in [0.2, 0.25) is 0 Å².